The van der Waals surface area contributed by atoms with Crippen LogP contribution in [0.15, 0.2) is 58.0 Å². The number of rotatable bonds is 5. The second-order valence-electron chi connectivity index (χ2n) is 7.14. The molecule has 2 unspecified atom stereocenters. The third kappa shape index (κ3) is 3.56. The monoisotopic (exact) mass is 363 g/mol. The zero-order chi connectivity index (χ0) is 19.0. The van der Waals surface area contributed by atoms with Crippen LogP contribution in [0, 0.1) is 5.92 Å². The molecule has 0 bridgehead atoms. The molecule has 27 heavy (non-hydrogen) atoms. The first-order chi connectivity index (χ1) is 13.0. The van der Waals surface area contributed by atoms with Crippen molar-refractivity contribution in [3.8, 4) is 11.3 Å². The average molecular weight is 363 g/mol. The van der Waals surface area contributed by atoms with Crippen molar-refractivity contribution in [2.24, 2.45) is 5.92 Å². The molecule has 1 aliphatic carbocycles. The molecular formula is C21H21N3O3. The van der Waals surface area contributed by atoms with E-state index in [2.05, 4.69) is 16.9 Å². The van der Waals surface area contributed by atoms with Crippen molar-refractivity contribution in [2.75, 3.05) is 7.05 Å². The first-order valence-corrected chi connectivity index (χ1v) is 9.00. The maximum Gasteiger partial charge on any atom is 0.261 e. The lowest BCUT2D eigenvalue weighted by atomic mass is 10.1. The largest absolute Gasteiger partial charge is 0.464 e. The van der Waals surface area contributed by atoms with Crippen molar-refractivity contribution in [1.29, 1.82) is 0 Å². The second kappa shape index (κ2) is 6.87. The molecule has 0 spiro atoms. The Labute approximate surface area is 156 Å². The van der Waals surface area contributed by atoms with Gasteiger partial charge in [-0.15, -0.1) is 0 Å². The number of aromatic amines is 1. The lowest BCUT2D eigenvalue weighted by Gasteiger charge is -2.15. The van der Waals surface area contributed by atoms with Gasteiger partial charge >= 0.3 is 0 Å². The van der Waals surface area contributed by atoms with Crippen LogP contribution in [0.3, 0.4) is 0 Å². The van der Waals surface area contributed by atoms with Crippen molar-refractivity contribution in [2.45, 2.75) is 25.8 Å². The standard InChI is InChI=1S/C21H21N3O3/c1-13-11-17(13)19-6-3-15(27-19)12-24(2)21(26)16-4-5-18(23-20(16)25)14-7-9-22-10-8-14/h3-10,13,17H,11-12H2,1-2H3,(H,23,25). The summed E-state index contributed by atoms with van der Waals surface area (Å²) in [6.07, 6.45) is 4.46. The van der Waals surface area contributed by atoms with Gasteiger partial charge in [0.1, 0.15) is 17.1 Å². The number of nitrogens with zero attached hydrogens (tertiary/aromatic N) is 2. The fraction of sp³-hybridized carbons (Fsp3) is 0.286. The Kier molecular flexibility index (Phi) is 4.39. The summed E-state index contributed by atoms with van der Waals surface area (Å²) in [7, 11) is 1.67. The van der Waals surface area contributed by atoms with Crippen LogP contribution in [-0.4, -0.2) is 27.8 Å². The fourth-order valence-corrected chi connectivity index (χ4v) is 3.25. The number of hydrogen-bond acceptors (Lipinski definition) is 4. The molecule has 1 saturated carbocycles. The Balaban J connectivity index is 1.48. The highest BCUT2D eigenvalue weighted by Gasteiger charge is 2.36. The predicted octanol–water partition coefficient (Wildman–Crippen LogP) is 3.43. The van der Waals surface area contributed by atoms with E-state index in [0.717, 1.165) is 23.5 Å². The minimum atomic E-state index is -0.409. The normalized spacial score (nSPS) is 18.3. The fourth-order valence-electron chi connectivity index (χ4n) is 3.25. The minimum Gasteiger partial charge on any atom is -0.464 e. The molecule has 0 radical (unpaired) electrons. The zero-order valence-corrected chi connectivity index (χ0v) is 15.3. The van der Waals surface area contributed by atoms with E-state index in [1.54, 1.807) is 43.7 Å². The highest BCUT2D eigenvalue weighted by molar-refractivity contribution is 5.93. The number of pyridine rings is 2. The summed E-state index contributed by atoms with van der Waals surface area (Å²) in [5.41, 5.74) is 1.19. The molecule has 6 nitrogen and oxygen atoms in total. The van der Waals surface area contributed by atoms with Crippen molar-refractivity contribution >= 4 is 5.91 Å². The summed E-state index contributed by atoms with van der Waals surface area (Å²) in [4.78, 5) is 33.3. The topological polar surface area (TPSA) is 79.2 Å². The number of furan rings is 1. The molecule has 138 valence electrons. The van der Waals surface area contributed by atoms with E-state index in [9.17, 15) is 9.59 Å². The molecule has 0 aromatic carbocycles. The molecule has 0 saturated heterocycles. The number of amides is 1. The van der Waals surface area contributed by atoms with E-state index in [4.69, 9.17) is 4.42 Å². The van der Waals surface area contributed by atoms with Crippen LogP contribution >= 0.6 is 0 Å². The highest BCUT2D eigenvalue weighted by atomic mass is 16.3. The molecule has 3 aromatic rings. The van der Waals surface area contributed by atoms with Crippen LogP contribution < -0.4 is 5.56 Å². The van der Waals surface area contributed by atoms with Crippen LogP contribution in [0.1, 0.15) is 41.1 Å². The number of H-pyrrole nitrogens is 1. The number of hydrogen-bond donors (Lipinski definition) is 1. The minimum absolute atomic E-state index is 0.109. The predicted molar refractivity (Wildman–Crippen MR) is 101 cm³/mol. The summed E-state index contributed by atoms with van der Waals surface area (Å²) in [5.74, 6) is 2.54. The molecule has 2 atom stereocenters. The number of carbonyl (C=O) groups excluding carboxylic acids is 1. The number of carbonyl (C=O) groups is 1. The van der Waals surface area contributed by atoms with Gasteiger partial charge in [0.2, 0.25) is 0 Å². The lowest BCUT2D eigenvalue weighted by Crippen LogP contribution is -2.31. The summed E-state index contributed by atoms with van der Waals surface area (Å²) < 4.78 is 5.86. The maximum atomic E-state index is 12.7. The van der Waals surface area contributed by atoms with Crippen molar-refractivity contribution < 1.29 is 9.21 Å². The van der Waals surface area contributed by atoms with E-state index < -0.39 is 5.56 Å². The van der Waals surface area contributed by atoms with Gasteiger partial charge in [-0.3, -0.25) is 14.6 Å². The van der Waals surface area contributed by atoms with Gasteiger partial charge in [-0.1, -0.05) is 6.92 Å². The van der Waals surface area contributed by atoms with Crippen LogP contribution in [0.2, 0.25) is 0 Å². The molecule has 1 N–H and O–H groups in total. The molecule has 1 amide bonds. The summed E-state index contributed by atoms with van der Waals surface area (Å²) in [5, 5.41) is 0. The highest BCUT2D eigenvalue weighted by Crippen LogP contribution is 2.47. The quantitative estimate of drug-likeness (QED) is 0.753. The number of aromatic nitrogens is 2. The van der Waals surface area contributed by atoms with Gasteiger partial charge < -0.3 is 14.3 Å². The van der Waals surface area contributed by atoms with Crippen molar-refractivity contribution in [3.63, 3.8) is 0 Å². The summed E-state index contributed by atoms with van der Waals surface area (Å²) in [6, 6.07) is 10.8. The number of nitrogens with one attached hydrogen (secondary N) is 1. The Morgan fingerprint density at radius 3 is 2.63 bits per heavy atom. The Morgan fingerprint density at radius 1 is 1.22 bits per heavy atom. The summed E-state index contributed by atoms with van der Waals surface area (Å²) in [6.45, 7) is 2.52. The molecule has 4 rings (SSSR count). The van der Waals surface area contributed by atoms with Gasteiger partial charge in [0, 0.05) is 36.6 Å². The van der Waals surface area contributed by atoms with Crippen LogP contribution in [0.4, 0.5) is 0 Å². The molecule has 3 heterocycles. The van der Waals surface area contributed by atoms with Gasteiger partial charge in [-0.2, -0.15) is 0 Å². The molecular weight excluding hydrogens is 342 g/mol. The molecule has 1 fully saturated rings. The van der Waals surface area contributed by atoms with Crippen molar-refractivity contribution in [1.82, 2.24) is 14.9 Å². The summed E-state index contributed by atoms with van der Waals surface area (Å²) >= 11 is 0. The molecule has 0 aliphatic heterocycles. The Bertz CT molecular complexity index is 1020. The first kappa shape index (κ1) is 17.3. The smallest absolute Gasteiger partial charge is 0.261 e. The van der Waals surface area contributed by atoms with Crippen molar-refractivity contribution in [3.05, 3.63) is 76.2 Å². The molecule has 1 aliphatic rings. The van der Waals surface area contributed by atoms with E-state index in [-0.39, 0.29) is 11.5 Å². The maximum absolute atomic E-state index is 12.7. The van der Waals surface area contributed by atoms with Crippen LogP contribution in [0.25, 0.3) is 11.3 Å². The zero-order valence-electron chi connectivity index (χ0n) is 15.3. The van der Waals surface area contributed by atoms with Gasteiger partial charge in [-0.05, 0) is 48.7 Å². The molecule has 3 aromatic heterocycles. The van der Waals surface area contributed by atoms with E-state index in [1.807, 2.05) is 12.1 Å². The van der Waals surface area contributed by atoms with Gasteiger partial charge in [-0.25, -0.2) is 0 Å². The van der Waals surface area contributed by atoms with Crippen LogP contribution in [0.5, 0.6) is 0 Å². The second-order valence-corrected chi connectivity index (χ2v) is 7.14. The average Bonchev–Trinajstić information content (AvgIpc) is 3.23. The van der Waals surface area contributed by atoms with E-state index in [0.29, 0.717) is 24.1 Å². The SMILES string of the molecule is CC1CC1c1ccc(CN(C)C(=O)c2ccc(-c3ccncc3)[nH]c2=O)o1. The van der Waals surface area contributed by atoms with Gasteiger partial charge in [0.25, 0.3) is 11.5 Å². The van der Waals surface area contributed by atoms with E-state index in [1.165, 1.54) is 4.90 Å². The molecule has 6 heteroatoms. The van der Waals surface area contributed by atoms with Gasteiger partial charge in [0.15, 0.2) is 0 Å². The third-order valence-electron chi connectivity index (χ3n) is 5.03. The van der Waals surface area contributed by atoms with Gasteiger partial charge in [0.05, 0.1) is 6.54 Å². The Hall–Kier alpha value is -3.15. The Morgan fingerprint density at radius 2 is 1.96 bits per heavy atom. The van der Waals surface area contributed by atoms with Crippen LogP contribution in [-0.2, 0) is 6.54 Å². The van der Waals surface area contributed by atoms with E-state index >= 15 is 0 Å². The lowest BCUT2D eigenvalue weighted by molar-refractivity contribution is 0.0773. The first-order valence-electron chi connectivity index (χ1n) is 9.00. The third-order valence-corrected chi connectivity index (χ3v) is 5.03.